The number of imidazole rings is 1. The topological polar surface area (TPSA) is 118 Å². The molecule has 0 spiro atoms. The van der Waals surface area contributed by atoms with Gasteiger partial charge >= 0.3 is 0 Å². The number of nitrogens with one attached hydrogen (secondary N) is 4. The SMILES string of the molecule is Cc1[nH]cnc1CSCCN=C(NC#N)NCCNC(=O)C1(C)CC1(Cl)Cl. The zero-order valence-electron chi connectivity index (χ0n) is 15.2. The van der Waals surface area contributed by atoms with Gasteiger partial charge in [0, 0.05) is 30.3 Å². The van der Waals surface area contributed by atoms with Gasteiger partial charge in [-0.1, -0.05) is 0 Å². The van der Waals surface area contributed by atoms with Crippen molar-refractivity contribution in [2.75, 3.05) is 25.4 Å². The minimum atomic E-state index is -0.981. The summed E-state index contributed by atoms with van der Waals surface area (Å²) in [6, 6.07) is 0. The molecule has 4 N–H and O–H groups in total. The molecule has 8 nitrogen and oxygen atoms in total. The van der Waals surface area contributed by atoms with E-state index in [9.17, 15) is 4.79 Å². The molecule has 1 atom stereocenters. The highest BCUT2D eigenvalue weighted by atomic mass is 35.5. The molecule has 0 aromatic carbocycles. The van der Waals surface area contributed by atoms with Gasteiger partial charge < -0.3 is 15.6 Å². The summed E-state index contributed by atoms with van der Waals surface area (Å²) in [5, 5.41) is 17.1. The zero-order chi connectivity index (χ0) is 19.9. The molecular weight excluding hydrogens is 409 g/mol. The fourth-order valence-corrected chi connectivity index (χ4v) is 3.87. The Morgan fingerprint density at radius 2 is 2.19 bits per heavy atom. The van der Waals surface area contributed by atoms with Crippen LogP contribution in [0.3, 0.4) is 0 Å². The summed E-state index contributed by atoms with van der Waals surface area (Å²) in [7, 11) is 0. The Labute approximate surface area is 172 Å². The van der Waals surface area contributed by atoms with Crippen molar-refractivity contribution in [3.8, 4) is 6.19 Å². The fourth-order valence-electron chi connectivity index (χ4n) is 2.31. The van der Waals surface area contributed by atoms with Crippen LogP contribution in [-0.2, 0) is 10.5 Å². The molecular formula is C16H23Cl2N7OS. The van der Waals surface area contributed by atoms with Gasteiger partial charge in [-0.25, -0.2) is 4.98 Å². The number of halogens is 2. The van der Waals surface area contributed by atoms with Crippen LogP contribution in [-0.4, -0.2) is 51.6 Å². The third-order valence-electron chi connectivity index (χ3n) is 4.31. The van der Waals surface area contributed by atoms with E-state index in [0.717, 1.165) is 22.9 Å². The molecule has 148 valence electrons. The molecule has 1 amide bonds. The van der Waals surface area contributed by atoms with Crippen molar-refractivity contribution in [3.05, 3.63) is 17.7 Å². The van der Waals surface area contributed by atoms with Crippen LogP contribution < -0.4 is 16.0 Å². The lowest BCUT2D eigenvalue weighted by Gasteiger charge is -2.13. The van der Waals surface area contributed by atoms with Crippen molar-refractivity contribution < 1.29 is 4.79 Å². The molecule has 1 aromatic rings. The van der Waals surface area contributed by atoms with Crippen molar-refractivity contribution in [2.45, 2.75) is 30.4 Å². The van der Waals surface area contributed by atoms with Gasteiger partial charge in [-0.15, -0.1) is 23.2 Å². The third kappa shape index (κ3) is 5.92. The number of nitriles is 1. The minimum absolute atomic E-state index is 0.175. The number of aryl methyl sites for hydroxylation is 1. The average Bonchev–Trinajstić information content (AvgIpc) is 2.92. The maximum absolute atomic E-state index is 12.1. The second-order valence-corrected chi connectivity index (χ2v) is 8.98. The molecule has 0 aliphatic heterocycles. The molecule has 1 heterocycles. The second kappa shape index (κ2) is 9.53. The molecule has 0 bridgehead atoms. The summed E-state index contributed by atoms with van der Waals surface area (Å²) in [6.45, 7) is 5.07. The number of carbonyl (C=O) groups excluding carboxylic acids is 1. The number of carbonyl (C=O) groups is 1. The molecule has 1 aliphatic rings. The summed E-state index contributed by atoms with van der Waals surface area (Å²) in [4.78, 5) is 23.7. The molecule has 1 aliphatic carbocycles. The first-order valence-corrected chi connectivity index (χ1v) is 10.4. The predicted octanol–water partition coefficient (Wildman–Crippen LogP) is 1.67. The fraction of sp³-hybridized carbons (Fsp3) is 0.625. The number of H-pyrrole nitrogens is 1. The van der Waals surface area contributed by atoms with E-state index >= 15 is 0 Å². The van der Waals surface area contributed by atoms with Crippen molar-refractivity contribution in [1.29, 1.82) is 5.26 Å². The molecule has 1 fully saturated rings. The van der Waals surface area contributed by atoms with E-state index in [0.29, 0.717) is 32.0 Å². The van der Waals surface area contributed by atoms with Gasteiger partial charge in [-0.2, -0.15) is 17.0 Å². The van der Waals surface area contributed by atoms with Gasteiger partial charge in [0.2, 0.25) is 11.9 Å². The van der Waals surface area contributed by atoms with Crippen LogP contribution in [0.5, 0.6) is 0 Å². The van der Waals surface area contributed by atoms with Crippen LogP contribution in [0.1, 0.15) is 24.7 Å². The van der Waals surface area contributed by atoms with Crippen LogP contribution in [0.2, 0.25) is 0 Å². The molecule has 0 radical (unpaired) electrons. The molecule has 1 saturated carbocycles. The second-order valence-electron chi connectivity index (χ2n) is 6.39. The highest BCUT2D eigenvalue weighted by Gasteiger charge is 2.67. The zero-order valence-corrected chi connectivity index (χ0v) is 17.6. The van der Waals surface area contributed by atoms with Gasteiger partial charge in [-0.3, -0.25) is 15.1 Å². The quantitative estimate of drug-likeness (QED) is 0.118. The Balaban J connectivity index is 1.64. The Kier molecular flexibility index (Phi) is 7.65. The number of aliphatic imine (C=N–C) groups is 1. The molecule has 0 saturated heterocycles. The number of aromatic amines is 1. The van der Waals surface area contributed by atoms with E-state index < -0.39 is 9.75 Å². The van der Waals surface area contributed by atoms with Gasteiger partial charge in [0.15, 0.2) is 6.19 Å². The van der Waals surface area contributed by atoms with Gasteiger partial charge in [-0.05, 0) is 20.3 Å². The Bertz CT molecular complexity index is 731. The van der Waals surface area contributed by atoms with Crippen LogP contribution in [0, 0.1) is 23.8 Å². The highest BCUT2D eigenvalue weighted by molar-refractivity contribution is 7.98. The lowest BCUT2D eigenvalue weighted by molar-refractivity contribution is -0.125. The number of aromatic nitrogens is 2. The number of alkyl halides is 2. The van der Waals surface area contributed by atoms with E-state index in [1.54, 1.807) is 25.0 Å². The Morgan fingerprint density at radius 3 is 2.78 bits per heavy atom. The summed E-state index contributed by atoms with van der Waals surface area (Å²) in [5.74, 6) is 1.82. The third-order valence-corrected chi connectivity index (χ3v) is 6.37. The van der Waals surface area contributed by atoms with Crippen LogP contribution in [0.4, 0.5) is 0 Å². The molecule has 27 heavy (non-hydrogen) atoms. The van der Waals surface area contributed by atoms with Gasteiger partial charge in [0.1, 0.15) is 4.33 Å². The van der Waals surface area contributed by atoms with Crippen molar-refractivity contribution in [1.82, 2.24) is 25.9 Å². The molecule has 11 heteroatoms. The van der Waals surface area contributed by atoms with Crippen LogP contribution >= 0.6 is 35.0 Å². The maximum Gasteiger partial charge on any atom is 0.229 e. The molecule has 1 unspecified atom stereocenters. The van der Waals surface area contributed by atoms with E-state index in [1.165, 1.54) is 0 Å². The largest absolute Gasteiger partial charge is 0.354 e. The summed E-state index contributed by atoms with van der Waals surface area (Å²) in [6.07, 6.45) is 3.98. The first-order chi connectivity index (χ1) is 12.8. The number of guanidine groups is 1. The van der Waals surface area contributed by atoms with E-state index in [4.69, 9.17) is 28.5 Å². The van der Waals surface area contributed by atoms with Gasteiger partial charge in [0.25, 0.3) is 0 Å². The highest BCUT2D eigenvalue weighted by Crippen LogP contribution is 2.63. The number of nitrogens with zero attached hydrogens (tertiary/aromatic N) is 3. The number of amides is 1. The predicted molar refractivity (Wildman–Crippen MR) is 109 cm³/mol. The summed E-state index contributed by atoms with van der Waals surface area (Å²) >= 11 is 13.7. The van der Waals surface area contributed by atoms with Crippen molar-refractivity contribution in [3.63, 3.8) is 0 Å². The lowest BCUT2D eigenvalue weighted by Crippen LogP contribution is -2.42. The standard InChI is InChI=1S/C16H23Cl2N7OS/c1-11-12(25-10-24-11)7-27-6-5-22-14(23-9-19)21-4-3-20-13(26)15(2)8-16(15,17)18/h10H,3-8H2,1-2H3,(H,20,26)(H,24,25)(H2,21,22,23). The first kappa shape index (κ1) is 21.7. The maximum atomic E-state index is 12.1. The van der Waals surface area contributed by atoms with E-state index in [2.05, 4.69) is 30.9 Å². The average molecular weight is 432 g/mol. The van der Waals surface area contributed by atoms with E-state index in [1.807, 2.05) is 13.1 Å². The number of rotatable bonds is 9. The first-order valence-electron chi connectivity index (χ1n) is 8.46. The van der Waals surface area contributed by atoms with Crippen molar-refractivity contribution >= 4 is 46.8 Å². The smallest absolute Gasteiger partial charge is 0.229 e. The molecule has 1 aromatic heterocycles. The summed E-state index contributed by atoms with van der Waals surface area (Å²) in [5.41, 5.74) is 1.37. The normalized spacial score (nSPS) is 20.6. The van der Waals surface area contributed by atoms with Crippen LogP contribution in [0.15, 0.2) is 11.3 Å². The lowest BCUT2D eigenvalue weighted by atomic mass is 10.1. The Morgan fingerprint density at radius 1 is 1.48 bits per heavy atom. The van der Waals surface area contributed by atoms with Crippen molar-refractivity contribution in [2.24, 2.45) is 10.4 Å². The van der Waals surface area contributed by atoms with E-state index in [-0.39, 0.29) is 5.91 Å². The van der Waals surface area contributed by atoms with Gasteiger partial charge in [0.05, 0.1) is 24.0 Å². The summed E-state index contributed by atoms with van der Waals surface area (Å²) < 4.78 is -0.981. The number of hydrogen-bond donors (Lipinski definition) is 4. The van der Waals surface area contributed by atoms with Crippen LogP contribution in [0.25, 0.3) is 0 Å². The number of thioether (sulfide) groups is 1. The minimum Gasteiger partial charge on any atom is -0.354 e. The number of hydrogen-bond acceptors (Lipinski definition) is 5. The Hall–Kier alpha value is -1.63. The monoisotopic (exact) mass is 431 g/mol. The molecule has 2 rings (SSSR count).